The highest BCUT2D eigenvalue weighted by Crippen LogP contribution is 2.40. The monoisotopic (exact) mass is 1010 g/mol. The molecule has 4 amide bonds. The van der Waals surface area contributed by atoms with Crippen LogP contribution in [0.3, 0.4) is 0 Å². The average molecular weight is 1010 g/mol. The van der Waals surface area contributed by atoms with E-state index in [2.05, 4.69) is 20.6 Å². The minimum atomic E-state index is -4.81. The maximum atomic E-state index is 14.0. The Labute approximate surface area is 418 Å². The van der Waals surface area contributed by atoms with E-state index in [9.17, 15) is 42.7 Å². The van der Waals surface area contributed by atoms with Gasteiger partial charge in [0.05, 0.1) is 58.3 Å². The number of aliphatic hydroxyl groups excluding tert-OH is 1. The first-order valence-electron chi connectivity index (χ1n) is 22.7. The van der Waals surface area contributed by atoms with Crippen molar-refractivity contribution >= 4 is 63.7 Å². The van der Waals surface area contributed by atoms with Gasteiger partial charge in [-0.1, -0.05) is 57.2 Å². The molecule has 3 atom stereocenters. The molecular formula is C51H53F3N8O7S2. The molecule has 3 aromatic carbocycles. The third-order valence-corrected chi connectivity index (χ3v) is 13.6. The van der Waals surface area contributed by atoms with Crippen LogP contribution >= 0.6 is 23.6 Å². The second-order valence-electron chi connectivity index (χ2n) is 18.7. The Bertz CT molecular complexity index is 2830. The summed E-state index contributed by atoms with van der Waals surface area (Å²) in [4.78, 5) is 67.9. The molecule has 0 aliphatic carbocycles. The first kappa shape index (κ1) is 52.0. The lowest BCUT2D eigenvalue weighted by atomic mass is 9.85. The fourth-order valence-corrected chi connectivity index (χ4v) is 9.72. The molecule has 2 aliphatic rings. The van der Waals surface area contributed by atoms with Gasteiger partial charge in [-0.3, -0.25) is 24.1 Å². The number of aromatic nitrogens is 2. The van der Waals surface area contributed by atoms with Crippen LogP contribution in [0, 0.1) is 23.7 Å². The minimum absolute atomic E-state index is 0.0170. The summed E-state index contributed by atoms with van der Waals surface area (Å²) in [6.45, 7) is 11.1. The number of amides is 4. The normalized spacial score (nSPS) is 17.3. The molecule has 15 nitrogen and oxygen atoms in total. The van der Waals surface area contributed by atoms with Crippen molar-refractivity contribution in [3.63, 3.8) is 0 Å². The second kappa shape index (κ2) is 21.3. The summed E-state index contributed by atoms with van der Waals surface area (Å²) < 4.78 is 52.7. The Hall–Kier alpha value is -6.79. The highest BCUT2D eigenvalue weighted by molar-refractivity contribution is 7.81. The lowest BCUT2D eigenvalue weighted by Crippen LogP contribution is -2.57. The molecule has 0 spiro atoms. The van der Waals surface area contributed by atoms with E-state index in [-0.39, 0.29) is 56.6 Å². The number of hydrogen-bond acceptors (Lipinski definition) is 12. The Balaban J connectivity index is 0.860. The largest absolute Gasteiger partial charge is 0.475 e. The Morgan fingerprint density at radius 3 is 2.25 bits per heavy atom. The molecule has 7 rings (SSSR count). The van der Waals surface area contributed by atoms with E-state index in [1.165, 1.54) is 11.0 Å². The van der Waals surface area contributed by atoms with Gasteiger partial charge >= 0.3 is 6.18 Å². The van der Waals surface area contributed by atoms with Crippen LogP contribution in [0.1, 0.15) is 69.8 Å². The van der Waals surface area contributed by atoms with E-state index < -0.39 is 70.1 Å². The fourth-order valence-electron chi connectivity index (χ4n) is 8.38. The number of nitrogens with zero attached hydrogens (tertiary/aromatic N) is 6. The molecule has 71 heavy (non-hydrogen) atoms. The summed E-state index contributed by atoms with van der Waals surface area (Å²) in [5.74, 6) is -1.49. The van der Waals surface area contributed by atoms with Crippen molar-refractivity contribution in [3.05, 3.63) is 113 Å². The minimum Gasteiger partial charge on any atom is -0.475 e. The maximum absolute atomic E-state index is 14.0. The van der Waals surface area contributed by atoms with Gasteiger partial charge < -0.3 is 35.0 Å². The molecular weight excluding hydrogens is 958 g/mol. The highest BCUT2D eigenvalue weighted by Gasteiger charge is 2.51. The molecule has 2 saturated heterocycles. The van der Waals surface area contributed by atoms with Gasteiger partial charge in [-0.25, -0.2) is 9.97 Å². The van der Waals surface area contributed by atoms with E-state index in [0.717, 1.165) is 49.9 Å². The van der Waals surface area contributed by atoms with Gasteiger partial charge in [0, 0.05) is 49.4 Å². The van der Waals surface area contributed by atoms with Crippen molar-refractivity contribution in [3.8, 4) is 33.5 Å². The number of carbonyl (C=O) groups excluding carboxylic acids is 4. The number of ether oxygens (including phenoxy) is 2. The van der Waals surface area contributed by atoms with Crippen LogP contribution in [0.2, 0.25) is 0 Å². The van der Waals surface area contributed by atoms with Crippen LogP contribution in [0.5, 0.6) is 5.88 Å². The zero-order valence-electron chi connectivity index (χ0n) is 39.9. The van der Waals surface area contributed by atoms with Crippen LogP contribution < -0.4 is 25.2 Å². The van der Waals surface area contributed by atoms with E-state index >= 15 is 0 Å². The number of hydrogen-bond donors (Lipinski definition) is 3. The zero-order valence-corrected chi connectivity index (χ0v) is 41.5. The SMILES string of the molecule is Cc1ncsc1-c1ccc(CNC(=O)[C@@H]2C[C@@H](O)CN2C(=O)C(NC(=O)CCOCCOc2ccc(-c3ccc(N4C(=S)N(c5ccc(C#N)c(C(F)(F)F)c5)C(=O)C4(C)C)cc3)cn2)C(C)(C)C)cc1. The van der Waals surface area contributed by atoms with Gasteiger partial charge in [0.2, 0.25) is 23.6 Å². The van der Waals surface area contributed by atoms with E-state index in [1.807, 2.05) is 52.0 Å². The maximum Gasteiger partial charge on any atom is 0.417 e. The summed E-state index contributed by atoms with van der Waals surface area (Å²) >= 11 is 7.21. The summed E-state index contributed by atoms with van der Waals surface area (Å²) in [6, 6.07) is 21.1. The fraction of sp³-hybridized carbons (Fsp3) is 0.373. The van der Waals surface area contributed by atoms with E-state index in [1.54, 1.807) is 84.3 Å². The number of rotatable bonds is 16. The molecule has 372 valence electrons. The second-order valence-corrected chi connectivity index (χ2v) is 20.0. The Morgan fingerprint density at radius 1 is 0.958 bits per heavy atom. The van der Waals surface area contributed by atoms with Crippen molar-refractivity contribution < 1.29 is 46.9 Å². The lowest BCUT2D eigenvalue weighted by molar-refractivity contribution is -0.144. The van der Waals surface area contributed by atoms with Crippen LogP contribution in [-0.4, -0.2) is 98.8 Å². The average Bonchev–Trinajstić information content (AvgIpc) is 4.00. The molecule has 20 heteroatoms. The van der Waals surface area contributed by atoms with Gasteiger partial charge in [0.15, 0.2) is 5.11 Å². The first-order valence-corrected chi connectivity index (χ1v) is 24.0. The first-order chi connectivity index (χ1) is 33.6. The molecule has 2 aliphatic heterocycles. The number of thiocarbonyl (C=S) groups is 1. The molecule has 0 radical (unpaired) electrons. The Morgan fingerprint density at radius 2 is 1.63 bits per heavy atom. The van der Waals surface area contributed by atoms with Crippen molar-refractivity contribution in [2.75, 3.05) is 36.2 Å². The van der Waals surface area contributed by atoms with Gasteiger partial charge in [0.1, 0.15) is 24.2 Å². The predicted molar refractivity (Wildman–Crippen MR) is 265 cm³/mol. The summed E-state index contributed by atoms with van der Waals surface area (Å²) in [7, 11) is 0. The molecule has 0 saturated carbocycles. The number of likely N-dealkylation sites (tertiary alicyclic amines) is 1. The molecule has 2 fully saturated rings. The predicted octanol–water partition coefficient (Wildman–Crippen LogP) is 7.58. The van der Waals surface area contributed by atoms with Crippen LogP contribution in [0.4, 0.5) is 24.5 Å². The Kier molecular flexibility index (Phi) is 15.6. The number of halogens is 3. The molecule has 1 unspecified atom stereocenters. The number of nitrogens with one attached hydrogen (secondary N) is 2. The number of thiazole rings is 1. The topological polar surface area (TPSA) is 190 Å². The van der Waals surface area contributed by atoms with Gasteiger partial charge in [-0.05, 0) is 91.5 Å². The van der Waals surface area contributed by atoms with Crippen molar-refractivity contribution in [1.82, 2.24) is 25.5 Å². The van der Waals surface area contributed by atoms with Gasteiger partial charge in [0.25, 0.3) is 5.91 Å². The standard InChI is InChI=1S/C51H53F3N8O7S2/c1-30-43(71-29-58-30)33-9-7-31(8-10-33)26-57-45(65)40-24-38(63)28-60(40)46(66)44(49(2,3)4)59-41(64)19-20-68-21-22-69-42-18-14-35(27-56-42)32-11-15-36(16-12-32)62-48(70)61(47(67)50(62,5)6)37-17-13-34(25-55)39(23-37)51(52,53)54/h7-18,23,27,29,38,40,44,63H,19-22,24,26,28H2,1-6H3,(H,57,65)(H,59,64)/t38-,40+,44?/m1/s1. The molecule has 2 aromatic heterocycles. The quantitative estimate of drug-likeness (QED) is 0.0650. The molecule has 0 bridgehead atoms. The summed E-state index contributed by atoms with van der Waals surface area (Å²) in [5.41, 5.74) is 2.90. The van der Waals surface area contributed by atoms with Crippen molar-refractivity contribution in [2.45, 2.75) is 90.8 Å². The van der Waals surface area contributed by atoms with Crippen LogP contribution in [0.25, 0.3) is 21.6 Å². The third-order valence-electron chi connectivity index (χ3n) is 12.2. The van der Waals surface area contributed by atoms with Crippen LogP contribution in [-0.2, 0) is 36.6 Å². The number of alkyl halides is 3. The lowest BCUT2D eigenvalue weighted by Gasteiger charge is -2.35. The number of nitriles is 1. The van der Waals surface area contributed by atoms with Crippen molar-refractivity contribution in [1.29, 1.82) is 5.26 Å². The smallest absolute Gasteiger partial charge is 0.417 e. The van der Waals surface area contributed by atoms with Crippen LogP contribution in [0.15, 0.2) is 90.6 Å². The van der Waals surface area contributed by atoms with E-state index in [0.29, 0.717) is 11.6 Å². The number of aliphatic hydroxyl groups is 1. The van der Waals surface area contributed by atoms with E-state index in [4.69, 9.17) is 21.7 Å². The van der Waals surface area contributed by atoms with Gasteiger partial charge in [-0.2, -0.15) is 18.4 Å². The number of benzene rings is 3. The summed E-state index contributed by atoms with van der Waals surface area (Å²) in [5, 5.41) is 25.5. The molecule has 3 N–H and O–H groups in total. The van der Waals surface area contributed by atoms with Gasteiger partial charge in [-0.15, -0.1) is 11.3 Å². The summed E-state index contributed by atoms with van der Waals surface area (Å²) in [6.07, 6.45) is -4.07. The molecule has 4 heterocycles. The molecule has 5 aromatic rings. The highest BCUT2D eigenvalue weighted by atomic mass is 32.1. The third kappa shape index (κ3) is 11.7. The zero-order chi connectivity index (χ0) is 51.4. The number of anilines is 2. The number of carbonyl (C=O) groups is 4. The number of aryl methyl sites for hydroxylation is 1. The van der Waals surface area contributed by atoms with Crippen molar-refractivity contribution in [2.24, 2.45) is 5.41 Å². The number of pyridine rings is 1. The number of β-amino-alcohol motifs (C(OH)–C–C–N with tert-alkyl or cyclic N) is 1.